The first kappa shape index (κ1) is 15.0. The normalized spacial score (nSPS) is 38.4. The molecule has 0 saturated carbocycles. The number of fused-ring (bicyclic) bond motifs is 1. The summed E-state index contributed by atoms with van der Waals surface area (Å²) < 4.78 is 78.8. The topological polar surface area (TPSA) is 71.1 Å². The molecule has 0 aliphatic carbocycles. The van der Waals surface area contributed by atoms with Gasteiger partial charge in [0.2, 0.25) is 0 Å². The van der Waals surface area contributed by atoms with E-state index in [-0.39, 0.29) is 0 Å². The SMILES string of the molecule is CC1OC2OC(C)(C)OC2C1OS(=O)(=O)C(F)(F)F. The molecule has 2 fully saturated rings. The Morgan fingerprint density at radius 3 is 2.32 bits per heavy atom. The lowest BCUT2D eigenvalue weighted by atomic mass is 10.2. The van der Waals surface area contributed by atoms with Gasteiger partial charge in [0.05, 0.1) is 6.10 Å². The molecule has 2 rings (SSSR count). The minimum absolute atomic E-state index is 0.900. The van der Waals surface area contributed by atoms with Gasteiger partial charge in [0.15, 0.2) is 12.1 Å². The van der Waals surface area contributed by atoms with E-state index in [0.717, 1.165) is 0 Å². The predicted molar refractivity (Wildman–Crippen MR) is 54.2 cm³/mol. The van der Waals surface area contributed by atoms with Gasteiger partial charge in [0, 0.05) is 0 Å². The van der Waals surface area contributed by atoms with Crippen molar-refractivity contribution in [2.45, 2.75) is 56.7 Å². The summed E-state index contributed by atoms with van der Waals surface area (Å²) in [5, 5.41) is 0. The Bertz CT molecular complexity index is 459. The Labute approximate surface area is 107 Å². The van der Waals surface area contributed by atoms with Crippen LogP contribution >= 0.6 is 0 Å². The molecule has 2 saturated heterocycles. The molecule has 0 spiro atoms. The van der Waals surface area contributed by atoms with Gasteiger partial charge in [0.1, 0.15) is 12.2 Å². The lowest BCUT2D eigenvalue weighted by Gasteiger charge is -2.23. The molecule has 112 valence electrons. The number of alkyl halides is 3. The molecule has 0 N–H and O–H groups in total. The molecular formula is C9H13F3O6S. The number of rotatable bonds is 2. The first-order valence-electron chi connectivity index (χ1n) is 5.44. The van der Waals surface area contributed by atoms with Crippen LogP contribution in [0.3, 0.4) is 0 Å². The summed E-state index contributed by atoms with van der Waals surface area (Å²) in [5.41, 5.74) is -5.49. The predicted octanol–water partition coefficient (Wildman–Crippen LogP) is 1.12. The summed E-state index contributed by atoms with van der Waals surface area (Å²) in [6, 6.07) is 0. The summed E-state index contributed by atoms with van der Waals surface area (Å²) in [5.74, 6) is -1.07. The van der Waals surface area contributed by atoms with Gasteiger partial charge >= 0.3 is 15.6 Å². The molecule has 10 heteroatoms. The summed E-state index contributed by atoms with van der Waals surface area (Å²) in [7, 11) is -5.71. The minimum Gasteiger partial charge on any atom is -0.344 e. The molecule has 19 heavy (non-hydrogen) atoms. The molecule has 0 bridgehead atoms. The highest BCUT2D eigenvalue weighted by Crippen LogP contribution is 2.40. The van der Waals surface area contributed by atoms with Gasteiger partial charge in [-0.25, -0.2) is 0 Å². The molecule has 6 nitrogen and oxygen atoms in total. The lowest BCUT2D eigenvalue weighted by Crippen LogP contribution is -2.40. The Balaban J connectivity index is 2.17. The van der Waals surface area contributed by atoms with Crippen molar-refractivity contribution in [2.75, 3.05) is 0 Å². The van der Waals surface area contributed by atoms with Crippen LogP contribution < -0.4 is 0 Å². The van der Waals surface area contributed by atoms with E-state index in [1.165, 1.54) is 20.8 Å². The summed E-state index contributed by atoms with van der Waals surface area (Å²) in [6.07, 6.45) is -4.28. The molecule has 0 radical (unpaired) electrons. The fourth-order valence-electron chi connectivity index (χ4n) is 1.97. The zero-order chi connectivity index (χ0) is 14.6. The smallest absolute Gasteiger partial charge is 0.344 e. The molecule has 0 aromatic carbocycles. The van der Waals surface area contributed by atoms with Crippen molar-refractivity contribution in [1.82, 2.24) is 0 Å². The third kappa shape index (κ3) is 2.72. The van der Waals surface area contributed by atoms with Crippen LogP contribution in [0.4, 0.5) is 13.2 Å². The average molecular weight is 306 g/mol. The quantitative estimate of drug-likeness (QED) is 0.562. The van der Waals surface area contributed by atoms with E-state index >= 15 is 0 Å². The zero-order valence-electron chi connectivity index (χ0n) is 10.3. The second kappa shape index (κ2) is 4.29. The Morgan fingerprint density at radius 2 is 1.79 bits per heavy atom. The molecular weight excluding hydrogens is 293 g/mol. The van der Waals surface area contributed by atoms with Gasteiger partial charge in [-0.1, -0.05) is 0 Å². The number of halogens is 3. The van der Waals surface area contributed by atoms with Crippen LogP contribution in [-0.4, -0.2) is 44.3 Å². The van der Waals surface area contributed by atoms with Gasteiger partial charge in [-0.2, -0.15) is 21.6 Å². The fraction of sp³-hybridized carbons (Fsp3) is 1.00. The minimum atomic E-state index is -5.71. The maximum Gasteiger partial charge on any atom is 0.523 e. The Morgan fingerprint density at radius 1 is 1.21 bits per heavy atom. The number of hydrogen-bond acceptors (Lipinski definition) is 6. The van der Waals surface area contributed by atoms with Crippen molar-refractivity contribution >= 4 is 10.1 Å². The summed E-state index contributed by atoms with van der Waals surface area (Å²) in [4.78, 5) is 0. The van der Waals surface area contributed by atoms with Crippen LogP contribution in [0.2, 0.25) is 0 Å². The van der Waals surface area contributed by atoms with Crippen LogP contribution in [0, 0.1) is 0 Å². The van der Waals surface area contributed by atoms with Crippen LogP contribution in [0.25, 0.3) is 0 Å². The van der Waals surface area contributed by atoms with Crippen molar-refractivity contribution in [3.8, 4) is 0 Å². The van der Waals surface area contributed by atoms with Gasteiger partial charge in [-0.05, 0) is 20.8 Å². The van der Waals surface area contributed by atoms with Crippen LogP contribution in [0.15, 0.2) is 0 Å². The Kier molecular flexibility index (Phi) is 3.38. The van der Waals surface area contributed by atoms with Gasteiger partial charge < -0.3 is 14.2 Å². The van der Waals surface area contributed by atoms with Crippen molar-refractivity contribution < 1.29 is 40.0 Å². The second-order valence-corrected chi connectivity index (χ2v) is 6.33. The monoisotopic (exact) mass is 306 g/mol. The van der Waals surface area contributed by atoms with E-state index in [2.05, 4.69) is 4.18 Å². The first-order valence-corrected chi connectivity index (χ1v) is 6.84. The van der Waals surface area contributed by atoms with E-state index in [1.54, 1.807) is 0 Å². The van der Waals surface area contributed by atoms with Crippen LogP contribution in [0.1, 0.15) is 20.8 Å². The van der Waals surface area contributed by atoms with E-state index < -0.39 is 46.0 Å². The average Bonchev–Trinajstić information content (AvgIpc) is 2.59. The van der Waals surface area contributed by atoms with Crippen molar-refractivity contribution in [1.29, 1.82) is 0 Å². The highest BCUT2D eigenvalue weighted by molar-refractivity contribution is 7.87. The van der Waals surface area contributed by atoms with Gasteiger partial charge in [-0.3, -0.25) is 4.18 Å². The van der Waals surface area contributed by atoms with Crippen LogP contribution in [0.5, 0.6) is 0 Å². The van der Waals surface area contributed by atoms with Crippen LogP contribution in [-0.2, 0) is 28.5 Å². The largest absolute Gasteiger partial charge is 0.523 e. The van der Waals surface area contributed by atoms with Gasteiger partial charge in [0.25, 0.3) is 0 Å². The molecule has 4 atom stereocenters. The fourth-order valence-corrected chi connectivity index (χ4v) is 2.64. The Hall–Kier alpha value is -0.420. The molecule has 2 aliphatic rings. The molecule has 4 unspecified atom stereocenters. The molecule has 0 aromatic rings. The van der Waals surface area contributed by atoms with E-state index in [0.29, 0.717) is 0 Å². The second-order valence-electron chi connectivity index (χ2n) is 4.77. The maximum atomic E-state index is 12.3. The van der Waals surface area contributed by atoms with Crippen molar-refractivity contribution in [3.63, 3.8) is 0 Å². The number of hydrogen-bond donors (Lipinski definition) is 0. The third-order valence-electron chi connectivity index (χ3n) is 2.74. The maximum absolute atomic E-state index is 12.3. The summed E-state index contributed by atoms with van der Waals surface area (Å²) in [6.45, 7) is 4.46. The van der Waals surface area contributed by atoms with Gasteiger partial charge in [-0.15, -0.1) is 0 Å². The molecule has 2 aliphatic heterocycles. The molecule has 2 heterocycles. The highest BCUT2D eigenvalue weighted by atomic mass is 32.2. The van der Waals surface area contributed by atoms with Crippen molar-refractivity contribution in [2.24, 2.45) is 0 Å². The highest BCUT2D eigenvalue weighted by Gasteiger charge is 2.58. The van der Waals surface area contributed by atoms with E-state index in [9.17, 15) is 21.6 Å². The van der Waals surface area contributed by atoms with E-state index in [4.69, 9.17) is 14.2 Å². The lowest BCUT2D eigenvalue weighted by molar-refractivity contribution is -0.211. The zero-order valence-corrected chi connectivity index (χ0v) is 11.1. The molecule has 0 aromatic heterocycles. The summed E-state index contributed by atoms with van der Waals surface area (Å²) >= 11 is 0. The van der Waals surface area contributed by atoms with Crippen molar-refractivity contribution in [3.05, 3.63) is 0 Å². The third-order valence-corrected chi connectivity index (χ3v) is 3.79. The first-order chi connectivity index (χ1) is 8.43. The molecule has 0 amide bonds. The van der Waals surface area contributed by atoms with E-state index in [1.807, 2.05) is 0 Å². The standard InChI is InChI=1S/C9H13F3O6S/c1-4-5(18-19(13,14)9(10,11)12)6-7(15-4)17-8(2,3)16-6/h4-7H,1-3H3. The number of ether oxygens (including phenoxy) is 3.